The lowest BCUT2D eigenvalue weighted by Gasteiger charge is -2.12. The molecule has 1 N–H and O–H groups in total. The molecule has 2 aromatic rings. The topological polar surface area (TPSA) is 46.9 Å². The van der Waals surface area contributed by atoms with E-state index in [2.05, 4.69) is 10.4 Å². The van der Waals surface area contributed by atoms with Crippen LogP contribution in [0.1, 0.15) is 27.3 Å². The van der Waals surface area contributed by atoms with Crippen molar-refractivity contribution < 1.29 is 18.0 Å². The summed E-state index contributed by atoms with van der Waals surface area (Å²) in [7, 11) is 1.65. The first-order valence-corrected chi connectivity index (χ1v) is 7.22. The second-order valence-corrected chi connectivity index (χ2v) is 5.41. The summed E-state index contributed by atoms with van der Waals surface area (Å²) in [6.45, 7) is 1.77. The third-order valence-corrected chi connectivity index (χ3v) is 3.93. The number of carbonyl (C=O) groups is 1. The Morgan fingerprint density at radius 1 is 1.35 bits per heavy atom. The number of aromatic nitrogens is 2. The largest absolute Gasteiger partial charge is 0.416 e. The highest BCUT2D eigenvalue weighted by Crippen LogP contribution is 2.31. The van der Waals surface area contributed by atoms with Gasteiger partial charge >= 0.3 is 6.18 Å². The van der Waals surface area contributed by atoms with Crippen molar-refractivity contribution in [3.05, 3.63) is 51.8 Å². The molecule has 1 aromatic heterocycles. The summed E-state index contributed by atoms with van der Waals surface area (Å²) in [6.07, 6.45) is -4.35. The molecule has 1 aromatic carbocycles. The maximum absolute atomic E-state index is 12.9. The van der Waals surface area contributed by atoms with E-state index in [1.807, 2.05) is 0 Å². The number of hydrogen-bond acceptors (Lipinski definition) is 2. The highest BCUT2D eigenvalue weighted by atomic mass is 35.5. The lowest BCUT2D eigenvalue weighted by atomic mass is 10.0. The van der Waals surface area contributed by atoms with Gasteiger partial charge in [0.05, 0.1) is 16.3 Å². The molecule has 0 saturated heterocycles. The van der Waals surface area contributed by atoms with E-state index in [4.69, 9.17) is 11.6 Å². The molecule has 0 unspecified atom stereocenters. The first kappa shape index (κ1) is 17.3. The average molecular weight is 346 g/mol. The zero-order valence-electron chi connectivity index (χ0n) is 12.5. The Balaban J connectivity index is 2.03. The van der Waals surface area contributed by atoms with Crippen molar-refractivity contribution in [2.45, 2.75) is 19.5 Å². The first-order chi connectivity index (χ1) is 10.7. The Morgan fingerprint density at radius 2 is 2.00 bits per heavy atom. The van der Waals surface area contributed by atoms with Crippen LogP contribution in [0.4, 0.5) is 13.2 Å². The van der Waals surface area contributed by atoms with Crippen molar-refractivity contribution in [2.24, 2.45) is 7.05 Å². The van der Waals surface area contributed by atoms with Gasteiger partial charge in [-0.15, -0.1) is 0 Å². The Hall–Kier alpha value is -2.02. The van der Waals surface area contributed by atoms with Crippen molar-refractivity contribution in [3.8, 4) is 0 Å². The van der Waals surface area contributed by atoms with Crippen LogP contribution in [0.15, 0.2) is 24.3 Å². The third kappa shape index (κ3) is 3.85. The minimum atomic E-state index is -4.41. The smallest absolute Gasteiger partial charge is 0.350 e. The summed E-state index contributed by atoms with van der Waals surface area (Å²) in [5.41, 5.74) is 0.138. The minimum absolute atomic E-state index is 0.0534. The molecule has 4 nitrogen and oxygen atoms in total. The molecule has 8 heteroatoms. The molecule has 0 aliphatic rings. The maximum Gasteiger partial charge on any atom is 0.416 e. The number of benzene rings is 1. The molecule has 0 fully saturated rings. The molecule has 2 rings (SSSR count). The van der Waals surface area contributed by atoms with Crippen LogP contribution >= 0.6 is 11.6 Å². The van der Waals surface area contributed by atoms with Gasteiger partial charge in [0.15, 0.2) is 5.69 Å². The number of alkyl halides is 3. The molecule has 0 aliphatic carbocycles. The summed E-state index contributed by atoms with van der Waals surface area (Å²) in [5, 5.41) is 6.76. The fraction of sp³-hybridized carbons (Fsp3) is 0.333. The highest BCUT2D eigenvalue weighted by Gasteiger charge is 2.32. The van der Waals surface area contributed by atoms with Gasteiger partial charge < -0.3 is 5.32 Å². The first-order valence-electron chi connectivity index (χ1n) is 6.84. The van der Waals surface area contributed by atoms with Crippen molar-refractivity contribution in [2.75, 3.05) is 6.54 Å². The number of hydrogen-bond donors (Lipinski definition) is 1. The fourth-order valence-corrected chi connectivity index (χ4v) is 2.38. The Labute approximate surface area is 136 Å². The van der Waals surface area contributed by atoms with Crippen molar-refractivity contribution in [3.63, 3.8) is 0 Å². The molecular formula is C15H15ClF3N3O. The van der Waals surface area contributed by atoms with Crippen molar-refractivity contribution >= 4 is 17.5 Å². The van der Waals surface area contributed by atoms with Crippen LogP contribution in [0.5, 0.6) is 0 Å². The van der Waals surface area contributed by atoms with Crippen LogP contribution in [0.2, 0.25) is 5.02 Å². The Bertz CT molecular complexity index is 725. The van der Waals surface area contributed by atoms with Gasteiger partial charge in [0.25, 0.3) is 5.91 Å². The molecular weight excluding hydrogens is 331 g/mol. The van der Waals surface area contributed by atoms with Crippen LogP contribution in [0.25, 0.3) is 0 Å². The summed E-state index contributed by atoms with van der Waals surface area (Å²) in [4.78, 5) is 12.0. The van der Waals surface area contributed by atoms with E-state index in [1.54, 1.807) is 14.0 Å². The molecule has 0 bridgehead atoms. The molecule has 0 spiro atoms. The molecule has 124 valence electrons. The van der Waals surface area contributed by atoms with E-state index in [1.165, 1.54) is 22.9 Å². The van der Waals surface area contributed by atoms with E-state index >= 15 is 0 Å². The van der Waals surface area contributed by atoms with Gasteiger partial charge in [-0.25, -0.2) is 0 Å². The van der Waals surface area contributed by atoms with E-state index < -0.39 is 17.6 Å². The monoisotopic (exact) mass is 345 g/mol. The molecule has 0 radical (unpaired) electrons. The number of nitrogens with one attached hydrogen (secondary N) is 1. The van der Waals surface area contributed by atoms with Crippen LogP contribution < -0.4 is 5.32 Å². The minimum Gasteiger partial charge on any atom is -0.350 e. The Morgan fingerprint density at radius 3 is 2.57 bits per heavy atom. The van der Waals surface area contributed by atoms with E-state index in [-0.39, 0.29) is 29.2 Å². The molecule has 0 saturated carbocycles. The van der Waals surface area contributed by atoms with Crippen molar-refractivity contribution in [1.82, 2.24) is 15.1 Å². The number of rotatable bonds is 4. The SMILES string of the molecule is Cc1c(Cl)c(C(=O)NCCc2ccccc2C(F)(F)F)nn1C. The Kier molecular flexibility index (Phi) is 4.99. The van der Waals surface area contributed by atoms with Gasteiger partial charge in [-0.2, -0.15) is 18.3 Å². The zero-order chi connectivity index (χ0) is 17.2. The maximum atomic E-state index is 12.9. The number of aryl methyl sites for hydroxylation is 1. The number of nitrogens with zero attached hydrogens (tertiary/aromatic N) is 2. The normalized spacial score (nSPS) is 11.6. The standard InChI is InChI=1S/C15H15ClF3N3O/c1-9-12(16)13(21-22(9)2)14(23)20-8-7-10-5-3-4-6-11(10)15(17,18)19/h3-6H,7-8H2,1-2H3,(H,20,23). The predicted octanol–water partition coefficient (Wildman–Crippen LogP) is 3.37. The number of halogens is 4. The van der Waals surface area contributed by atoms with Gasteiger partial charge in [0, 0.05) is 13.6 Å². The predicted molar refractivity (Wildman–Crippen MR) is 80.4 cm³/mol. The summed E-state index contributed by atoms with van der Waals surface area (Å²) >= 11 is 6.00. The van der Waals surface area contributed by atoms with Gasteiger partial charge in [-0.05, 0) is 25.0 Å². The average Bonchev–Trinajstić information content (AvgIpc) is 2.74. The van der Waals surface area contributed by atoms with Crippen LogP contribution in [0, 0.1) is 6.92 Å². The summed E-state index contributed by atoms with van der Waals surface area (Å²) < 4.78 is 40.1. The third-order valence-electron chi connectivity index (χ3n) is 3.48. The van der Waals surface area contributed by atoms with Crippen LogP contribution in [0.3, 0.4) is 0 Å². The van der Waals surface area contributed by atoms with Crippen LogP contribution in [-0.4, -0.2) is 22.2 Å². The lowest BCUT2D eigenvalue weighted by Crippen LogP contribution is -2.27. The van der Waals surface area contributed by atoms with Gasteiger partial charge in [0.1, 0.15) is 0 Å². The van der Waals surface area contributed by atoms with Gasteiger partial charge in [-0.1, -0.05) is 29.8 Å². The van der Waals surface area contributed by atoms with Crippen molar-refractivity contribution in [1.29, 1.82) is 0 Å². The second-order valence-electron chi connectivity index (χ2n) is 5.03. The molecule has 1 heterocycles. The molecule has 0 atom stereocenters. The lowest BCUT2D eigenvalue weighted by molar-refractivity contribution is -0.138. The highest BCUT2D eigenvalue weighted by molar-refractivity contribution is 6.34. The van der Waals surface area contributed by atoms with E-state index in [9.17, 15) is 18.0 Å². The van der Waals surface area contributed by atoms with E-state index in [0.29, 0.717) is 5.69 Å². The molecule has 1 amide bonds. The second kappa shape index (κ2) is 6.62. The summed E-state index contributed by atoms with van der Waals surface area (Å²) in [5.74, 6) is -0.511. The fourth-order valence-electron chi connectivity index (χ4n) is 2.14. The molecule has 0 aliphatic heterocycles. The molecule has 23 heavy (non-hydrogen) atoms. The van der Waals surface area contributed by atoms with E-state index in [0.717, 1.165) is 6.07 Å². The van der Waals surface area contributed by atoms with Gasteiger partial charge in [0.2, 0.25) is 0 Å². The van der Waals surface area contributed by atoms with Gasteiger partial charge in [-0.3, -0.25) is 9.48 Å². The zero-order valence-corrected chi connectivity index (χ0v) is 13.3. The number of carbonyl (C=O) groups excluding carboxylic acids is 1. The number of amides is 1. The summed E-state index contributed by atoms with van der Waals surface area (Å²) in [6, 6.07) is 5.29. The quantitative estimate of drug-likeness (QED) is 0.923. The van der Waals surface area contributed by atoms with Crippen LogP contribution in [-0.2, 0) is 19.6 Å².